The first-order valence-electron chi connectivity index (χ1n) is 12.7. The van der Waals surface area contributed by atoms with Gasteiger partial charge in [0, 0.05) is 42.6 Å². The van der Waals surface area contributed by atoms with Gasteiger partial charge in [-0.05, 0) is 87.2 Å². The number of likely N-dealkylation sites (tertiary alicyclic amines) is 1. The van der Waals surface area contributed by atoms with Crippen LogP contribution in [0.5, 0.6) is 0 Å². The van der Waals surface area contributed by atoms with Crippen LogP contribution in [0.3, 0.4) is 0 Å². The van der Waals surface area contributed by atoms with E-state index in [9.17, 15) is 22.4 Å². The average molecular weight is 574 g/mol. The lowest BCUT2D eigenvalue weighted by molar-refractivity contribution is -0.142. The molecule has 2 aromatic carbocycles. The van der Waals surface area contributed by atoms with Crippen molar-refractivity contribution in [2.75, 3.05) is 44.4 Å². The van der Waals surface area contributed by atoms with Crippen LogP contribution in [0.2, 0.25) is 0 Å². The number of benzene rings is 2. The van der Waals surface area contributed by atoms with Crippen LogP contribution in [0.4, 0.5) is 23.2 Å². The molecule has 1 unspecified atom stereocenters. The molecule has 210 valence electrons. The number of carbonyl (C=O) groups is 1. The Kier molecular flexibility index (Phi) is 12.1. The predicted molar refractivity (Wildman–Crippen MR) is 146 cm³/mol. The van der Waals surface area contributed by atoms with Gasteiger partial charge in [-0.2, -0.15) is 0 Å². The third-order valence-corrected chi connectivity index (χ3v) is 7.89. The van der Waals surface area contributed by atoms with E-state index in [0.29, 0.717) is 45.6 Å². The van der Waals surface area contributed by atoms with Crippen LogP contribution in [0, 0.1) is 17.5 Å². The van der Waals surface area contributed by atoms with Crippen LogP contribution in [-0.2, 0) is 9.53 Å². The Morgan fingerprint density at radius 3 is 2.39 bits per heavy atom. The number of nitrogens with zero attached hydrogens (tertiary/aromatic N) is 1. The Bertz CT molecular complexity index is 1010. The van der Waals surface area contributed by atoms with Crippen LogP contribution < -0.4 is 10.0 Å². The van der Waals surface area contributed by atoms with E-state index in [1.807, 2.05) is 11.2 Å². The summed E-state index contributed by atoms with van der Waals surface area (Å²) in [6.45, 7) is 4.23. The lowest BCUT2D eigenvalue weighted by Crippen LogP contribution is -2.48. The number of ether oxygens (including phenoxy) is 1. The third kappa shape index (κ3) is 9.36. The number of rotatable bonds is 9. The van der Waals surface area contributed by atoms with Gasteiger partial charge in [0.15, 0.2) is 0 Å². The van der Waals surface area contributed by atoms with E-state index in [1.54, 1.807) is 30.8 Å². The van der Waals surface area contributed by atoms with Crippen LogP contribution in [0.15, 0.2) is 46.2 Å². The van der Waals surface area contributed by atoms with Crippen molar-refractivity contribution in [3.8, 4) is 0 Å². The SMILES string of the molecule is CC1(C(=O)NSc2cc(F)c(NCCCN3CC(F)C3)c(F)c2)CCCCCO1.CSc1ccc(F)cc1. The summed E-state index contributed by atoms with van der Waals surface area (Å²) in [6.07, 6.45) is 5.35. The molecule has 0 bridgehead atoms. The van der Waals surface area contributed by atoms with E-state index < -0.39 is 23.4 Å². The van der Waals surface area contributed by atoms with Gasteiger partial charge in [-0.25, -0.2) is 17.6 Å². The molecule has 2 aliphatic heterocycles. The lowest BCUT2D eigenvalue weighted by atomic mass is 9.99. The fraction of sp³-hybridized carbons (Fsp3) is 0.519. The molecule has 2 aromatic rings. The Morgan fingerprint density at radius 1 is 1.08 bits per heavy atom. The average Bonchev–Trinajstić information content (AvgIpc) is 3.11. The summed E-state index contributed by atoms with van der Waals surface area (Å²) >= 11 is 2.49. The minimum absolute atomic E-state index is 0.173. The van der Waals surface area contributed by atoms with Gasteiger partial charge in [0.1, 0.15) is 34.9 Å². The molecule has 2 N–H and O–H groups in total. The Hall–Kier alpha value is -1.95. The predicted octanol–water partition coefficient (Wildman–Crippen LogP) is 6.44. The molecule has 5 nitrogen and oxygen atoms in total. The highest BCUT2D eigenvalue weighted by Crippen LogP contribution is 2.28. The van der Waals surface area contributed by atoms with E-state index in [0.717, 1.165) is 36.1 Å². The zero-order valence-electron chi connectivity index (χ0n) is 21.7. The number of amides is 1. The molecule has 2 heterocycles. The highest BCUT2D eigenvalue weighted by Gasteiger charge is 2.35. The molecule has 0 spiro atoms. The zero-order valence-corrected chi connectivity index (χ0v) is 23.3. The minimum Gasteiger partial charge on any atom is -0.380 e. The van der Waals surface area contributed by atoms with E-state index in [2.05, 4.69) is 10.0 Å². The maximum atomic E-state index is 14.3. The second kappa shape index (κ2) is 15.0. The smallest absolute Gasteiger partial charge is 0.262 e. The summed E-state index contributed by atoms with van der Waals surface area (Å²) in [5, 5.41) is 2.77. The Labute approximate surface area is 230 Å². The maximum absolute atomic E-state index is 14.3. The van der Waals surface area contributed by atoms with Gasteiger partial charge in [0.05, 0.1) is 0 Å². The molecule has 1 amide bonds. The summed E-state index contributed by atoms with van der Waals surface area (Å²) in [4.78, 5) is 15.8. The number of carbonyl (C=O) groups excluding carboxylic acids is 1. The molecule has 2 aliphatic rings. The van der Waals surface area contributed by atoms with Crippen molar-refractivity contribution >= 4 is 35.3 Å². The van der Waals surface area contributed by atoms with Crippen molar-refractivity contribution in [3.05, 3.63) is 53.8 Å². The van der Waals surface area contributed by atoms with E-state index in [-0.39, 0.29) is 22.3 Å². The molecule has 2 fully saturated rings. The number of alkyl halides is 1. The second-order valence-corrected chi connectivity index (χ2v) is 11.2. The Morgan fingerprint density at radius 2 is 1.76 bits per heavy atom. The first-order chi connectivity index (χ1) is 18.2. The first-order valence-corrected chi connectivity index (χ1v) is 14.7. The quantitative estimate of drug-likeness (QED) is 0.156. The van der Waals surface area contributed by atoms with Crippen LogP contribution in [0.25, 0.3) is 0 Å². The molecular weight excluding hydrogens is 538 g/mol. The van der Waals surface area contributed by atoms with Crippen LogP contribution >= 0.6 is 23.7 Å². The van der Waals surface area contributed by atoms with E-state index in [1.165, 1.54) is 24.3 Å². The standard InChI is InChI=1S/C20H28F3N3O2S.C7H7FS/c1-20(6-3-2-4-9-28-20)19(27)25-29-15-10-16(22)18(17(23)11-15)24-7-5-8-26-12-14(21)13-26;1-9-7-4-2-6(8)3-5-7/h10-11,14,24H,2-9,12-13H2,1H3,(H,25,27);2-5H,1H3. The fourth-order valence-electron chi connectivity index (χ4n) is 4.06. The summed E-state index contributed by atoms with van der Waals surface area (Å²) in [5.41, 5.74) is -1.10. The van der Waals surface area contributed by atoms with Gasteiger partial charge >= 0.3 is 0 Å². The van der Waals surface area contributed by atoms with Crippen LogP contribution in [-0.4, -0.2) is 61.6 Å². The van der Waals surface area contributed by atoms with Gasteiger partial charge in [-0.3, -0.25) is 14.4 Å². The summed E-state index contributed by atoms with van der Waals surface area (Å²) in [5.74, 6) is -1.90. The number of hydrogen-bond donors (Lipinski definition) is 2. The van der Waals surface area contributed by atoms with Gasteiger partial charge in [-0.15, -0.1) is 11.8 Å². The van der Waals surface area contributed by atoms with E-state index in [4.69, 9.17) is 4.74 Å². The molecule has 11 heteroatoms. The van der Waals surface area contributed by atoms with Crippen molar-refractivity contribution in [3.63, 3.8) is 0 Å². The van der Waals surface area contributed by atoms with Gasteiger partial charge < -0.3 is 10.1 Å². The molecule has 0 saturated carbocycles. The van der Waals surface area contributed by atoms with Crippen molar-refractivity contribution in [2.24, 2.45) is 0 Å². The molecule has 38 heavy (non-hydrogen) atoms. The van der Waals surface area contributed by atoms with Gasteiger partial charge in [0.2, 0.25) is 0 Å². The number of hydrogen-bond acceptors (Lipinski definition) is 6. The van der Waals surface area contributed by atoms with Gasteiger partial charge in [-0.1, -0.05) is 6.42 Å². The van der Waals surface area contributed by atoms with Gasteiger partial charge in [0.25, 0.3) is 5.91 Å². The normalized spacial score (nSPS) is 20.1. The van der Waals surface area contributed by atoms with Crippen molar-refractivity contribution < 1.29 is 27.1 Å². The van der Waals surface area contributed by atoms with Crippen LogP contribution in [0.1, 0.15) is 39.0 Å². The summed E-state index contributed by atoms with van der Waals surface area (Å²) < 4.78 is 61.9. The molecule has 2 saturated heterocycles. The highest BCUT2D eigenvalue weighted by atomic mass is 32.2. The monoisotopic (exact) mass is 573 g/mol. The third-order valence-electron chi connectivity index (χ3n) is 6.39. The number of thioether (sulfide) groups is 1. The maximum Gasteiger partial charge on any atom is 0.262 e. The minimum atomic E-state index is -0.916. The zero-order chi connectivity index (χ0) is 27.5. The number of halogens is 4. The van der Waals surface area contributed by atoms with Crippen molar-refractivity contribution in [1.82, 2.24) is 9.62 Å². The second-order valence-electron chi connectivity index (χ2n) is 9.48. The van der Waals surface area contributed by atoms with Crippen molar-refractivity contribution in [1.29, 1.82) is 0 Å². The molecule has 4 rings (SSSR count). The number of nitrogens with one attached hydrogen (secondary N) is 2. The lowest BCUT2D eigenvalue weighted by Gasteiger charge is -2.34. The largest absolute Gasteiger partial charge is 0.380 e. The fourth-order valence-corrected chi connectivity index (χ4v) is 5.22. The highest BCUT2D eigenvalue weighted by molar-refractivity contribution is 7.98. The molecule has 0 aliphatic carbocycles. The molecule has 1 atom stereocenters. The Balaban J connectivity index is 0.000000375. The first kappa shape index (κ1) is 30.6. The molecular formula is C27H35F4N3O2S2. The molecule has 0 radical (unpaired) electrons. The number of anilines is 1. The van der Waals surface area contributed by atoms with Crippen molar-refractivity contribution in [2.45, 2.75) is 60.6 Å². The topological polar surface area (TPSA) is 53.6 Å². The van der Waals surface area contributed by atoms with E-state index >= 15 is 0 Å². The molecule has 0 aromatic heterocycles. The summed E-state index contributed by atoms with van der Waals surface area (Å²) in [6, 6.07) is 8.84. The summed E-state index contributed by atoms with van der Waals surface area (Å²) in [7, 11) is 0.